The van der Waals surface area contributed by atoms with Crippen LogP contribution in [0.3, 0.4) is 0 Å². The summed E-state index contributed by atoms with van der Waals surface area (Å²) in [6.07, 6.45) is 0.969. The Morgan fingerprint density at radius 3 is 3.05 bits per heavy atom. The standard InChI is InChI=1S/C14H16FN3O/c1-18-5-4-11(8-18)16-14(19)13-7-9-6-10(15)2-3-12(9)17-13/h2-3,6-7,11,17H,4-5,8H2,1H3,(H,16,19). The van der Waals surface area contributed by atoms with E-state index in [9.17, 15) is 9.18 Å². The van der Waals surface area contributed by atoms with Gasteiger partial charge in [-0.25, -0.2) is 4.39 Å². The predicted octanol–water partition coefficient (Wildman–Crippen LogP) is 1.74. The second-order valence-electron chi connectivity index (χ2n) is 5.14. The maximum atomic E-state index is 13.1. The Kier molecular flexibility index (Phi) is 2.98. The highest BCUT2D eigenvalue weighted by atomic mass is 19.1. The lowest BCUT2D eigenvalue weighted by Crippen LogP contribution is -2.36. The maximum Gasteiger partial charge on any atom is 0.267 e. The molecule has 0 spiro atoms. The minimum atomic E-state index is -0.295. The van der Waals surface area contributed by atoms with Crippen LogP contribution in [-0.4, -0.2) is 42.0 Å². The number of amides is 1. The van der Waals surface area contributed by atoms with Gasteiger partial charge in [0, 0.05) is 23.5 Å². The topological polar surface area (TPSA) is 48.1 Å². The molecule has 5 heteroatoms. The molecule has 2 heterocycles. The van der Waals surface area contributed by atoms with Gasteiger partial charge < -0.3 is 15.2 Å². The molecular weight excluding hydrogens is 245 g/mol. The molecule has 1 aromatic carbocycles. The molecule has 19 heavy (non-hydrogen) atoms. The quantitative estimate of drug-likeness (QED) is 0.865. The molecule has 1 fully saturated rings. The molecule has 0 radical (unpaired) electrons. The van der Waals surface area contributed by atoms with Gasteiger partial charge >= 0.3 is 0 Å². The highest BCUT2D eigenvalue weighted by Crippen LogP contribution is 2.17. The van der Waals surface area contributed by atoms with Gasteiger partial charge in [-0.05, 0) is 44.3 Å². The number of aromatic nitrogens is 1. The van der Waals surface area contributed by atoms with E-state index < -0.39 is 0 Å². The fourth-order valence-electron chi connectivity index (χ4n) is 2.54. The van der Waals surface area contributed by atoms with Gasteiger partial charge in [0.1, 0.15) is 11.5 Å². The smallest absolute Gasteiger partial charge is 0.267 e. The monoisotopic (exact) mass is 261 g/mol. The van der Waals surface area contributed by atoms with Gasteiger partial charge in [-0.15, -0.1) is 0 Å². The van der Waals surface area contributed by atoms with Crippen LogP contribution in [0.1, 0.15) is 16.9 Å². The number of likely N-dealkylation sites (tertiary alicyclic amines) is 1. The number of carbonyl (C=O) groups excluding carboxylic acids is 1. The van der Waals surface area contributed by atoms with Crippen LogP contribution in [0.15, 0.2) is 24.3 Å². The maximum absolute atomic E-state index is 13.1. The van der Waals surface area contributed by atoms with Crippen LogP contribution in [0.5, 0.6) is 0 Å². The van der Waals surface area contributed by atoms with E-state index in [0.29, 0.717) is 11.1 Å². The number of benzene rings is 1. The van der Waals surface area contributed by atoms with Crippen LogP contribution in [0, 0.1) is 5.82 Å². The van der Waals surface area contributed by atoms with Crippen molar-refractivity contribution in [1.82, 2.24) is 15.2 Å². The van der Waals surface area contributed by atoms with Crippen LogP contribution in [0.2, 0.25) is 0 Å². The Labute approximate surface area is 110 Å². The lowest BCUT2D eigenvalue weighted by Gasteiger charge is -2.11. The highest BCUT2D eigenvalue weighted by Gasteiger charge is 2.22. The van der Waals surface area contributed by atoms with Crippen molar-refractivity contribution in [3.63, 3.8) is 0 Å². The van der Waals surface area contributed by atoms with Crippen molar-refractivity contribution in [2.75, 3.05) is 20.1 Å². The van der Waals surface area contributed by atoms with E-state index in [1.165, 1.54) is 12.1 Å². The van der Waals surface area contributed by atoms with Crippen molar-refractivity contribution in [2.45, 2.75) is 12.5 Å². The lowest BCUT2D eigenvalue weighted by atomic mass is 10.2. The number of halogens is 1. The number of likely N-dealkylation sites (N-methyl/N-ethyl adjacent to an activating group) is 1. The van der Waals surface area contributed by atoms with Crippen LogP contribution in [0.25, 0.3) is 10.9 Å². The SMILES string of the molecule is CN1CCC(NC(=O)c2cc3cc(F)ccc3[nH]2)C1. The van der Waals surface area contributed by atoms with Crippen molar-refractivity contribution < 1.29 is 9.18 Å². The molecule has 0 aliphatic carbocycles. The third kappa shape index (κ3) is 2.46. The molecule has 4 nitrogen and oxygen atoms in total. The minimum absolute atomic E-state index is 0.128. The van der Waals surface area contributed by atoms with E-state index >= 15 is 0 Å². The zero-order valence-corrected chi connectivity index (χ0v) is 10.7. The minimum Gasteiger partial charge on any atom is -0.351 e. The summed E-state index contributed by atoms with van der Waals surface area (Å²) in [6, 6.07) is 6.33. The number of aromatic amines is 1. The average molecular weight is 261 g/mol. The summed E-state index contributed by atoms with van der Waals surface area (Å²) < 4.78 is 13.1. The molecule has 0 saturated carbocycles. The first-order valence-electron chi connectivity index (χ1n) is 6.39. The van der Waals surface area contributed by atoms with Crippen LogP contribution >= 0.6 is 0 Å². The Bertz CT molecular complexity index is 622. The molecule has 0 bridgehead atoms. The van der Waals surface area contributed by atoms with Crippen LogP contribution < -0.4 is 5.32 Å². The molecule has 1 aromatic heterocycles. The van der Waals surface area contributed by atoms with E-state index in [0.717, 1.165) is 25.0 Å². The summed E-state index contributed by atoms with van der Waals surface area (Å²) in [5.41, 5.74) is 1.25. The number of hydrogen-bond donors (Lipinski definition) is 2. The molecule has 1 aliphatic heterocycles. The molecule has 2 aromatic rings. The number of hydrogen-bond acceptors (Lipinski definition) is 2. The summed E-state index contributed by atoms with van der Waals surface area (Å²) in [6.45, 7) is 1.88. The van der Waals surface area contributed by atoms with Gasteiger partial charge in [0.15, 0.2) is 0 Å². The van der Waals surface area contributed by atoms with Gasteiger partial charge in [-0.3, -0.25) is 4.79 Å². The summed E-state index contributed by atoms with van der Waals surface area (Å²) in [7, 11) is 2.04. The van der Waals surface area contributed by atoms with Gasteiger partial charge in [-0.1, -0.05) is 0 Å². The fraction of sp³-hybridized carbons (Fsp3) is 0.357. The zero-order valence-electron chi connectivity index (χ0n) is 10.7. The zero-order chi connectivity index (χ0) is 13.4. The van der Waals surface area contributed by atoms with Crippen molar-refractivity contribution in [1.29, 1.82) is 0 Å². The largest absolute Gasteiger partial charge is 0.351 e. The average Bonchev–Trinajstić information content (AvgIpc) is 2.95. The number of carbonyl (C=O) groups is 1. The highest BCUT2D eigenvalue weighted by molar-refractivity contribution is 5.98. The number of nitrogens with zero attached hydrogens (tertiary/aromatic N) is 1. The van der Waals surface area contributed by atoms with Crippen molar-refractivity contribution in [3.05, 3.63) is 35.8 Å². The number of nitrogens with one attached hydrogen (secondary N) is 2. The van der Waals surface area contributed by atoms with Gasteiger partial charge in [-0.2, -0.15) is 0 Å². The number of rotatable bonds is 2. The Hall–Kier alpha value is -1.88. The summed E-state index contributed by atoms with van der Waals surface area (Å²) in [5, 5.41) is 3.71. The summed E-state index contributed by atoms with van der Waals surface area (Å²) in [5.74, 6) is -0.423. The molecule has 100 valence electrons. The summed E-state index contributed by atoms with van der Waals surface area (Å²) >= 11 is 0. The second-order valence-corrected chi connectivity index (χ2v) is 5.14. The molecule has 3 rings (SSSR count). The fourth-order valence-corrected chi connectivity index (χ4v) is 2.54. The molecule has 1 unspecified atom stereocenters. The first kappa shape index (κ1) is 12.2. The van der Waals surface area contributed by atoms with E-state index in [2.05, 4.69) is 15.2 Å². The Morgan fingerprint density at radius 2 is 2.32 bits per heavy atom. The lowest BCUT2D eigenvalue weighted by molar-refractivity contribution is 0.0934. The van der Waals surface area contributed by atoms with E-state index in [1.807, 2.05) is 7.05 Å². The normalized spacial score (nSPS) is 20.0. The van der Waals surface area contributed by atoms with E-state index in [1.54, 1.807) is 12.1 Å². The predicted molar refractivity (Wildman–Crippen MR) is 71.6 cm³/mol. The molecule has 1 amide bonds. The number of fused-ring (bicyclic) bond motifs is 1. The van der Waals surface area contributed by atoms with E-state index in [4.69, 9.17) is 0 Å². The van der Waals surface area contributed by atoms with E-state index in [-0.39, 0.29) is 17.8 Å². The molecule has 1 saturated heterocycles. The molecular formula is C14H16FN3O. The van der Waals surface area contributed by atoms with Crippen molar-refractivity contribution in [3.8, 4) is 0 Å². The molecule has 1 aliphatic rings. The van der Waals surface area contributed by atoms with Crippen molar-refractivity contribution >= 4 is 16.8 Å². The van der Waals surface area contributed by atoms with Crippen LogP contribution in [0.4, 0.5) is 4.39 Å². The molecule has 1 atom stereocenters. The third-order valence-corrected chi connectivity index (χ3v) is 3.55. The number of H-pyrrole nitrogens is 1. The summed E-state index contributed by atoms with van der Waals surface area (Å²) in [4.78, 5) is 17.3. The van der Waals surface area contributed by atoms with Gasteiger partial charge in [0.05, 0.1) is 0 Å². The van der Waals surface area contributed by atoms with Gasteiger partial charge in [0.25, 0.3) is 5.91 Å². The third-order valence-electron chi connectivity index (χ3n) is 3.55. The van der Waals surface area contributed by atoms with Gasteiger partial charge in [0.2, 0.25) is 0 Å². The second kappa shape index (κ2) is 4.66. The van der Waals surface area contributed by atoms with Crippen LogP contribution in [-0.2, 0) is 0 Å². The Balaban J connectivity index is 1.78. The first-order valence-corrected chi connectivity index (χ1v) is 6.39. The Morgan fingerprint density at radius 1 is 1.47 bits per heavy atom. The van der Waals surface area contributed by atoms with Crippen molar-refractivity contribution in [2.24, 2.45) is 0 Å². The first-order chi connectivity index (χ1) is 9.11. The molecule has 2 N–H and O–H groups in total.